The van der Waals surface area contributed by atoms with E-state index in [1.165, 1.54) is 25.7 Å². The molecule has 0 spiro atoms. The van der Waals surface area contributed by atoms with Crippen LogP contribution >= 0.6 is 56.8 Å². The van der Waals surface area contributed by atoms with E-state index >= 15 is 0 Å². The Morgan fingerprint density at radius 1 is 1.20 bits per heavy atom. The van der Waals surface area contributed by atoms with Crippen molar-refractivity contribution in [1.29, 1.82) is 0 Å². The summed E-state index contributed by atoms with van der Waals surface area (Å²) in [5.41, 5.74) is 0. The first kappa shape index (κ1) is 9.84. The van der Waals surface area contributed by atoms with E-state index in [1.807, 2.05) is 0 Å². The van der Waals surface area contributed by atoms with Crippen LogP contribution in [-0.2, 0) is 0 Å². The minimum absolute atomic E-state index is 0.421. The summed E-state index contributed by atoms with van der Waals surface area (Å²) in [4.78, 5) is 0. The Morgan fingerprint density at radius 3 is 2.60 bits per heavy atom. The van der Waals surface area contributed by atoms with E-state index in [4.69, 9.17) is 11.6 Å². The zero-order chi connectivity index (χ0) is 7.56. The zero-order valence-electron chi connectivity index (χ0n) is 5.69. The highest BCUT2D eigenvalue weighted by atomic mass is 127. The molecule has 0 aliphatic heterocycles. The number of hydrogen-bond donors (Lipinski definition) is 0. The lowest BCUT2D eigenvalue weighted by Crippen LogP contribution is -2.14. The van der Waals surface area contributed by atoms with E-state index in [2.05, 4.69) is 45.2 Å². The van der Waals surface area contributed by atoms with Gasteiger partial charge in [-0.1, -0.05) is 51.6 Å². The molecule has 60 valence electrons. The molecule has 0 amide bonds. The van der Waals surface area contributed by atoms with Gasteiger partial charge < -0.3 is 0 Å². The standard InChI is InChI=1S/C7H11ClI2/c8-6-4-5(9)2-1-3-7(6)10/h5-7H,1-4H2. The van der Waals surface area contributed by atoms with Crippen molar-refractivity contribution >= 4 is 56.8 Å². The highest BCUT2D eigenvalue weighted by Crippen LogP contribution is 2.31. The lowest BCUT2D eigenvalue weighted by Gasteiger charge is -2.12. The second kappa shape index (κ2) is 4.70. The van der Waals surface area contributed by atoms with Gasteiger partial charge in [0.1, 0.15) is 0 Å². The molecule has 0 aromatic carbocycles. The van der Waals surface area contributed by atoms with E-state index in [-0.39, 0.29) is 0 Å². The normalized spacial score (nSPS) is 42.9. The molecule has 3 unspecified atom stereocenters. The molecular formula is C7H11ClI2. The van der Waals surface area contributed by atoms with Gasteiger partial charge in [-0.3, -0.25) is 0 Å². The highest BCUT2D eigenvalue weighted by molar-refractivity contribution is 14.1. The largest absolute Gasteiger partial charge is 0.122 e. The fraction of sp³-hybridized carbons (Fsp3) is 1.00. The first-order chi connectivity index (χ1) is 4.70. The van der Waals surface area contributed by atoms with Crippen molar-refractivity contribution in [3.05, 3.63) is 0 Å². The summed E-state index contributed by atoms with van der Waals surface area (Å²) in [6.45, 7) is 0. The molecule has 0 N–H and O–H groups in total. The third-order valence-corrected chi connectivity index (χ3v) is 5.40. The SMILES string of the molecule is ClC1CC(I)CCCC1I. The Balaban J connectivity index is 2.41. The third kappa shape index (κ3) is 3.01. The fourth-order valence-electron chi connectivity index (χ4n) is 1.23. The maximum Gasteiger partial charge on any atom is 0.0463 e. The molecule has 0 heterocycles. The monoisotopic (exact) mass is 384 g/mol. The van der Waals surface area contributed by atoms with E-state index in [1.54, 1.807) is 0 Å². The molecule has 3 heteroatoms. The van der Waals surface area contributed by atoms with Crippen molar-refractivity contribution in [3.63, 3.8) is 0 Å². The van der Waals surface area contributed by atoms with Gasteiger partial charge in [0.15, 0.2) is 0 Å². The molecule has 0 aromatic heterocycles. The molecule has 1 rings (SSSR count). The van der Waals surface area contributed by atoms with Crippen molar-refractivity contribution in [2.45, 2.75) is 38.9 Å². The van der Waals surface area contributed by atoms with Crippen LogP contribution in [0.5, 0.6) is 0 Å². The molecule has 0 bridgehead atoms. The van der Waals surface area contributed by atoms with Crippen LogP contribution in [0.4, 0.5) is 0 Å². The number of rotatable bonds is 0. The summed E-state index contributed by atoms with van der Waals surface area (Å²) < 4.78 is 1.53. The van der Waals surface area contributed by atoms with Crippen molar-refractivity contribution in [1.82, 2.24) is 0 Å². The Morgan fingerprint density at radius 2 is 1.90 bits per heavy atom. The predicted octanol–water partition coefficient (Wildman–Crippen LogP) is 3.78. The average molecular weight is 384 g/mol. The third-order valence-electron chi connectivity index (χ3n) is 1.87. The summed E-state index contributed by atoms with van der Waals surface area (Å²) >= 11 is 11.2. The van der Waals surface area contributed by atoms with E-state index in [9.17, 15) is 0 Å². The van der Waals surface area contributed by atoms with Gasteiger partial charge in [-0.05, 0) is 19.3 Å². The maximum absolute atomic E-state index is 6.15. The zero-order valence-corrected chi connectivity index (χ0v) is 10.8. The number of alkyl halides is 3. The van der Waals surface area contributed by atoms with Gasteiger partial charge in [0.05, 0.1) is 0 Å². The Hall–Kier alpha value is 1.75. The van der Waals surface area contributed by atoms with Crippen LogP contribution in [0.1, 0.15) is 25.7 Å². The van der Waals surface area contributed by atoms with Crippen LogP contribution in [0, 0.1) is 0 Å². The summed E-state index contributed by atoms with van der Waals surface area (Å²) in [7, 11) is 0. The Labute approximate surface area is 94.8 Å². The molecular weight excluding hydrogens is 373 g/mol. The van der Waals surface area contributed by atoms with Crippen LogP contribution in [0.15, 0.2) is 0 Å². The molecule has 1 saturated carbocycles. The summed E-state index contributed by atoms with van der Waals surface area (Å²) in [6, 6.07) is 0. The average Bonchev–Trinajstić information content (AvgIpc) is 1.96. The molecule has 0 nitrogen and oxygen atoms in total. The lowest BCUT2D eigenvalue weighted by atomic mass is 10.2. The van der Waals surface area contributed by atoms with E-state index in [0.29, 0.717) is 9.30 Å². The van der Waals surface area contributed by atoms with E-state index in [0.717, 1.165) is 3.92 Å². The van der Waals surface area contributed by atoms with Crippen molar-refractivity contribution in [3.8, 4) is 0 Å². The van der Waals surface area contributed by atoms with Crippen LogP contribution < -0.4 is 0 Å². The van der Waals surface area contributed by atoms with Crippen LogP contribution in [0.3, 0.4) is 0 Å². The summed E-state index contributed by atoms with van der Waals surface area (Å²) in [5, 5.41) is 0.421. The van der Waals surface area contributed by atoms with Crippen molar-refractivity contribution in [2.24, 2.45) is 0 Å². The molecule has 1 fully saturated rings. The highest BCUT2D eigenvalue weighted by Gasteiger charge is 2.22. The Bertz CT molecular complexity index is 108. The first-order valence-electron chi connectivity index (χ1n) is 3.62. The van der Waals surface area contributed by atoms with Gasteiger partial charge >= 0.3 is 0 Å². The van der Waals surface area contributed by atoms with Gasteiger partial charge in [0, 0.05) is 13.2 Å². The number of halogens is 3. The molecule has 3 atom stereocenters. The smallest absolute Gasteiger partial charge is 0.0463 e. The van der Waals surface area contributed by atoms with Gasteiger partial charge in [-0.2, -0.15) is 0 Å². The molecule has 0 aromatic rings. The van der Waals surface area contributed by atoms with E-state index < -0.39 is 0 Å². The summed E-state index contributed by atoms with van der Waals surface area (Å²) in [6.07, 6.45) is 5.25. The summed E-state index contributed by atoms with van der Waals surface area (Å²) in [5.74, 6) is 0. The molecule has 1 aliphatic carbocycles. The second-order valence-electron chi connectivity index (χ2n) is 2.80. The predicted molar refractivity (Wildman–Crippen MR) is 63.7 cm³/mol. The lowest BCUT2D eigenvalue weighted by molar-refractivity contribution is 0.734. The molecule has 0 saturated heterocycles. The van der Waals surface area contributed by atoms with Crippen LogP contribution in [-0.4, -0.2) is 13.2 Å². The topological polar surface area (TPSA) is 0 Å². The van der Waals surface area contributed by atoms with Gasteiger partial charge in [-0.15, -0.1) is 11.6 Å². The van der Waals surface area contributed by atoms with Crippen LogP contribution in [0.25, 0.3) is 0 Å². The van der Waals surface area contributed by atoms with Crippen molar-refractivity contribution in [2.75, 3.05) is 0 Å². The number of hydrogen-bond acceptors (Lipinski definition) is 0. The maximum atomic E-state index is 6.15. The molecule has 1 aliphatic rings. The van der Waals surface area contributed by atoms with Gasteiger partial charge in [0.25, 0.3) is 0 Å². The first-order valence-corrected chi connectivity index (χ1v) is 6.55. The van der Waals surface area contributed by atoms with Crippen molar-refractivity contribution < 1.29 is 0 Å². The second-order valence-corrected chi connectivity index (χ2v) is 6.72. The van der Waals surface area contributed by atoms with Crippen LogP contribution in [0.2, 0.25) is 0 Å². The molecule has 10 heavy (non-hydrogen) atoms. The molecule has 0 radical (unpaired) electrons. The van der Waals surface area contributed by atoms with Gasteiger partial charge in [-0.25, -0.2) is 0 Å². The minimum Gasteiger partial charge on any atom is -0.122 e. The Kier molecular flexibility index (Phi) is 4.62. The fourth-order valence-corrected chi connectivity index (χ4v) is 3.59. The van der Waals surface area contributed by atoms with Gasteiger partial charge in [0.2, 0.25) is 0 Å². The quantitative estimate of drug-likeness (QED) is 0.339. The minimum atomic E-state index is 0.421.